The number of likely N-dealkylation sites (N-methyl/N-ethyl adjacent to an activating group) is 1. The summed E-state index contributed by atoms with van der Waals surface area (Å²) in [4.78, 5) is 1.99. The van der Waals surface area contributed by atoms with E-state index in [2.05, 4.69) is 10.2 Å². The van der Waals surface area contributed by atoms with E-state index in [9.17, 15) is 0 Å². The highest BCUT2D eigenvalue weighted by Gasteiger charge is 2.21. The molecular weight excluding hydrogens is 196 g/mol. The molecule has 2 heterocycles. The van der Waals surface area contributed by atoms with E-state index in [1.54, 1.807) is 0 Å². The van der Waals surface area contributed by atoms with Crippen molar-refractivity contribution in [3.8, 4) is 0 Å². The number of nitrogens with zero attached hydrogens (tertiary/aromatic N) is 3. The topological polar surface area (TPSA) is 77.4 Å². The normalized spacial score (nSPS) is 20.7. The number of hydrogen-bond acceptors (Lipinski definition) is 6. The van der Waals surface area contributed by atoms with Crippen LogP contribution in [0.3, 0.4) is 0 Å². The minimum absolute atomic E-state index is 0.107. The molecule has 0 spiro atoms. The maximum atomic E-state index is 5.55. The zero-order chi connectivity index (χ0) is 10.7. The van der Waals surface area contributed by atoms with Crippen LogP contribution in [0.2, 0.25) is 0 Å². The molecule has 1 aromatic rings. The van der Waals surface area contributed by atoms with E-state index in [4.69, 9.17) is 14.9 Å². The van der Waals surface area contributed by atoms with E-state index in [0.29, 0.717) is 6.01 Å². The second-order valence-electron chi connectivity index (χ2n) is 3.60. The Balaban J connectivity index is 1.97. The van der Waals surface area contributed by atoms with Crippen molar-refractivity contribution < 1.29 is 9.15 Å². The van der Waals surface area contributed by atoms with Crippen molar-refractivity contribution in [3.05, 3.63) is 0 Å². The second kappa shape index (κ2) is 4.48. The van der Waals surface area contributed by atoms with Crippen LogP contribution in [0, 0.1) is 0 Å². The smallest absolute Gasteiger partial charge is 0.319 e. The maximum absolute atomic E-state index is 5.55. The zero-order valence-electron chi connectivity index (χ0n) is 8.85. The van der Waals surface area contributed by atoms with Crippen molar-refractivity contribution in [2.45, 2.75) is 25.9 Å². The van der Waals surface area contributed by atoms with Gasteiger partial charge >= 0.3 is 12.0 Å². The Morgan fingerprint density at radius 2 is 2.40 bits per heavy atom. The molecule has 1 atom stereocenters. The summed E-state index contributed by atoms with van der Waals surface area (Å²) in [6.07, 6.45) is 2.51. The van der Waals surface area contributed by atoms with Gasteiger partial charge in [-0.15, -0.1) is 0 Å². The van der Waals surface area contributed by atoms with Gasteiger partial charge in [-0.05, 0) is 19.8 Å². The van der Waals surface area contributed by atoms with Gasteiger partial charge in [0.25, 0.3) is 0 Å². The van der Waals surface area contributed by atoms with E-state index in [-0.39, 0.29) is 12.1 Å². The third kappa shape index (κ3) is 2.38. The predicted molar refractivity (Wildman–Crippen MR) is 55.6 cm³/mol. The van der Waals surface area contributed by atoms with Gasteiger partial charge in [-0.1, -0.05) is 10.2 Å². The number of rotatable bonds is 4. The van der Waals surface area contributed by atoms with Crippen LogP contribution in [0.1, 0.15) is 19.8 Å². The average Bonchev–Trinajstić information content (AvgIpc) is 2.85. The van der Waals surface area contributed by atoms with Crippen molar-refractivity contribution in [1.82, 2.24) is 10.2 Å². The zero-order valence-corrected chi connectivity index (χ0v) is 8.85. The monoisotopic (exact) mass is 212 g/mol. The van der Waals surface area contributed by atoms with Crippen LogP contribution in [-0.2, 0) is 4.74 Å². The van der Waals surface area contributed by atoms with Crippen molar-refractivity contribution in [1.29, 1.82) is 0 Å². The fourth-order valence-electron chi connectivity index (χ4n) is 1.73. The van der Waals surface area contributed by atoms with E-state index in [0.717, 1.165) is 32.5 Å². The molecule has 6 nitrogen and oxygen atoms in total. The molecule has 15 heavy (non-hydrogen) atoms. The molecule has 0 amide bonds. The molecule has 1 aliphatic rings. The van der Waals surface area contributed by atoms with Crippen LogP contribution in [0.4, 0.5) is 12.0 Å². The molecule has 2 N–H and O–H groups in total. The lowest BCUT2D eigenvalue weighted by Gasteiger charge is -2.21. The van der Waals surface area contributed by atoms with Gasteiger partial charge in [-0.2, -0.15) is 0 Å². The number of aromatic nitrogens is 2. The lowest BCUT2D eigenvalue weighted by molar-refractivity contribution is 0.115. The largest absolute Gasteiger partial charge is 0.390 e. The van der Waals surface area contributed by atoms with Gasteiger partial charge in [0.1, 0.15) is 0 Å². The van der Waals surface area contributed by atoms with Gasteiger partial charge in [0, 0.05) is 19.7 Å². The van der Waals surface area contributed by atoms with E-state index >= 15 is 0 Å². The van der Waals surface area contributed by atoms with Gasteiger partial charge in [-0.3, -0.25) is 0 Å². The Morgan fingerprint density at radius 1 is 1.53 bits per heavy atom. The first-order valence-electron chi connectivity index (χ1n) is 5.25. The fraction of sp³-hybridized carbons (Fsp3) is 0.778. The minimum atomic E-state index is 0.107. The highest BCUT2D eigenvalue weighted by Crippen LogP contribution is 2.18. The summed E-state index contributed by atoms with van der Waals surface area (Å²) < 4.78 is 10.7. The van der Waals surface area contributed by atoms with Crippen LogP contribution in [0.25, 0.3) is 0 Å². The summed E-state index contributed by atoms with van der Waals surface area (Å²) in [5.74, 6) is 0. The first-order valence-corrected chi connectivity index (χ1v) is 5.25. The summed E-state index contributed by atoms with van der Waals surface area (Å²) in [7, 11) is 0. The second-order valence-corrected chi connectivity index (χ2v) is 3.60. The number of hydrogen-bond donors (Lipinski definition) is 1. The van der Waals surface area contributed by atoms with Crippen molar-refractivity contribution in [2.75, 3.05) is 30.3 Å². The van der Waals surface area contributed by atoms with Crippen LogP contribution in [0.15, 0.2) is 4.42 Å². The molecule has 1 saturated heterocycles. The van der Waals surface area contributed by atoms with E-state index in [1.807, 2.05) is 11.8 Å². The molecule has 1 fully saturated rings. The third-order valence-electron chi connectivity index (χ3n) is 2.53. The predicted octanol–water partition coefficient (Wildman–Crippen LogP) is 0.657. The molecule has 0 aliphatic carbocycles. The van der Waals surface area contributed by atoms with Gasteiger partial charge < -0.3 is 19.8 Å². The highest BCUT2D eigenvalue weighted by atomic mass is 16.5. The summed E-state index contributed by atoms with van der Waals surface area (Å²) in [6, 6.07) is 0.585. The summed E-state index contributed by atoms with van der Waals surface area (Å²) in [6.45, 7) is 4.49. The van der Waals surface area contributed by atoms with Gasteiger partial charge in [0.05, 0.1) is 6.10 Å². The molecule has 6 heteroatoms. The van der Waals surface area contributed by atoms with Crippen LogP contribution >= 0.6 is 0 Å². The quantitative estimate of drug-likeness (QED) is 0.789. The number of nitrogen functional groups attached to an aromatic ring is 1. The maximum Gasteiger partial charge on any atom is 0.319 e. The van der Waals surface area contributed by atoms with E-state index < -0.39 is 0 Å². The lowest BCUT2D eigenvalue weighted by Crippen LogP contribution is -2.32. The van der Waals surface area contributed by atoms with Crippen molar-refractivity contribution >= 4 is 12.0 Å². The molecule has 1 aliphatic heterocycles. The SMILES string of the molecule is CCN(CC1CCCO1)c1nnc(N)o1. The van der Waals surface area contributed by atoms with Gasteiger partial charge in [0.2, 0.25) is 0 Å². The molecular formula is C9H16N4O2. The number of ether oxygens (including phenoxy) is 1. The summed E-state index contributed by atoms with van der Waals surface area (Å²) in [5.41, 5.74) is 5.38. The lowest BCUT2D eigenvalue weighted by atomic mass is 10.2. The standard InChI is InChI=1S/C9H16N4O2/c1-2-13(6-7-4-3-5-14-7)9-12-11-8(10)15-9/h7H,2-6H2,1H3,(H2,10,11). The van der Waals surface area contributed by atoms with Crippen LogP contribution in [-0.4, -0.2) is 36.0 Å². The molecule has 1 unspecified atom stereocenters. The third-order valence-corrected chi connectivity index (χ3v) is 2.53. The highest BCUT2D eigenvalue weighted by molar-refractivity contribution is 5.27. The Hall–Kier alpha value is -1.30. The number of anilines is 2. The van der Waals surface area contributed by atoms with E-state index in [1.165, 1.54) is 0 Å². The first-order chi connectivity index (χ1) is 7.29. The Labute approximate surface area is 88.4 Å². The fourth-order valence-corrected chi connectivity index (χ4v) is 1.73. The Morgan fingerprint density at radius 3 is 2.93 bits per heavy atom. The molecule has 2 rings (SSSR count). The molecule has 0 bridgehead atoms. The molecule has 0 aromatic carbocycles. The molecule has 0 saturated carbocycles. The molecule has 84 valence electrons. The number of nitrogens with two attached hydrogens (primary N) is 1. The average molecular weight is 212 g/mol. The van der Waals surface area contributed by atoms with Gasteiger partial charge in [0.15, 0.2) is 0 Å². The summed E-state index contributed by atoms with van der Waals surface area (Å²) in [5, 5.41) is 7.50. The first kappa shape index (κ1) is 10.2. The molecule has 0 radical (unpaired) electrons. The minimum Gasteiger partial charge on any atom is -0.390 e. The Kier molecular flexibility index (Phi) is 3.05. The van der Waals surface area contributed by atoms with Crippen molar-refractivity contribution in [2.24, 2.45) is 0 Å². The van der Waals surface area contributed by atoms with Crippen LogP contribution < -0.4 is 10.6 Å². The summed E-state index contributed by atoms with van der Waals surface area (Å²) >= 11 is 0. The van der Waals surface area contributed by atoms with Gasteiger partial charge in [-0.25, -0.2) is 0 Å². The van der Waals surface area contributed by atoms with Crippen LogP contribution in [0.5, 0.6) is 0 Å². The molecule has 1 aromatic heterocycles. The Bertz CT molecular complexity index is 309. The van der Waals surface area contributed by atoms with Crippen molar-refractivity contribution in [3.63, 3.8) is 0 Å².